The lowest BCUT2D eigenvalue weighted by molar-refractivity contribution is 0.0972. The van der Waals surface area contributed by atoms with Gasteiger partial charge in [-0.05, 0) is 13.3 Å². The highest BCUT2D eigenvalue weighted by Gasteiger charge is 2.28. The van der Waals surface area contributed by atoms with Crippen molar-refractivity contribution in [1.82, 2.24) is 0 Å². The molecule has 0 saturated carbocycles. The number of alkyl halides is 1. The number of fused-ring (bicyclic) bond motifs is 1. The van der Waals surface area contributed by atoms with E-state index in [1.807, 2.05) is 0 Å². The van der Waals surface area contributed by atoms with E-state index >= 15 is 0 Å². The van der Waals surface area contributed by atoms with Gasteiger partial charge in [-0.25, -0.2) is 0 Å². The van der Waals surface area contributed by atoms with Crippen LogP contribution in [0.5, 0.6) is 0 Å². The summed E-state index contributed by atoms with van der Waals surface area (Å²) in [5.74, 6) is 0.233. The zero-order valence-corrected chi connectivity index (χ0v) is 9.67. The summed E-state index contributed by atoms with van der Waals surface area (Å²) in [5, 5.41) is 0. The minimum absolute atomic E-state index is 0.0599. The predicted molar refractivity (Wildman–Crippen MR) is 63.1 cm³/mol. The van der Waals surface area contributed by atoms with Gasteiger partial charge in [0.2, 0.25) is 0 Å². The number of allylic oxidation sites excluding steroid dienone is 2. The van der Waals surface area contributed by atoms with Gasteiger partial charge in [-0.2, -0.15) is 0 Å². The van der Waals surface area contributed by atoms with Crippen molar-refractivity contribution >= 4 is 23.2 Å². The van der Waals surface area contributed by atoms with E-state index in [4.69, 9.17) is 11.6 Å². The Morgan fingerprint density at radius 3 is 2.19 bits per heavy atom. The van der Waals surface area contributed by atoms with Gasteiger partial charge in [0.1, 0.15) is 0 Å². The standard InChI is InChI=1S/C13H11ClO2/c1-8-9(6-7-14)13(16)11-5-3-2-4-10(11)12(8)15/h2-5H,6-7H2,1H3. The molecule has 0 atom stereocenters. The van der Waals surface area contributed by atoms with Crippen LogP contribution in [0.2, 0.25) is 0 Å². The molecule has 0 bridgehead atoms. The maximum atomic E-state index is 12.1. The second-order valence-corrected chi connectivity index (χ2v) is 4.12. The van der Waals surface area contributed by atoms with Crippen molar-refractivity contribution in [3.63, 3.8) is 0 Å². The lowest BCUT2D eigenvalue weighted by Crippen LogP contribution is -2.21. The highest BCUT2D eigenvalue weighted by molar-refractivity contribution is 6.27. The number of rotatable bonds is 2. The van der Waals surface area contributed by atoms with Crippen LogP contribution in [0.4, 0.5) is 0 Å². The summed E-state index contributed by atoms with van der Waals surface area (Å²) in [6.07, 6.45) is 0.451. The van der Waals surface area contributed by atoms with E-state index in [0.717, 1.165) is 0 Å². The molecule has 16 heavy (non-hydrogen) atoms. The highest BCUT2D eigenvalue weighted by Crippen LogP contribution is 2.27. The number of benzene rings is 1. The van der Waals surface area contributed by atoms with Crippen molar-refractivity contribution in [2.24, 2.45) is 0 Å². The lowest BCUT2D eigenvalue weighted by atomic mass is 9.84. The molecule has 0 fully saturated rings. The molecule has 0 radical (unpaired) electrons. The van der Waals surface area contributed by atoms with Gasteiger partial charge in [0.25, 0.3) is 0 Å². The molecular formula is C13H11ClO2. The number of hydrogen-bond acceptors (Lipinski definition) is 2. The van der Waals surface area contributed by atoms with Gasteiger partial charge in [0.15, 0.2) is 11.6 Å². The van der Waals surface area contributed by atoms with Crippen LogP contribution in [0.3, 0.4) is 0 Å². The van der Waals surface area contributed by atoms with Crippen molar-refractivity contribution in [3.8, 4) is 0 Å². The summed E-state index contributed by atoms with van der Waals surface area (Å²) in [4.78, 5) is 24.1. The first-order chi connectivity index (χ1) is 7.66. The third-order valence-electron chi connectivity index (χ3n) is 2.83. The molecule has 1 aromatic rings. The summed E-state index contributed by atoms with van der Waals surface area (Å²) < 4.78 is 0. The van der Waals surface area contributed by atoms with Crippen molar-refractivity contribution in [2.75, 3.05) is 5.88 Å². The summed E-state index contributed by atoms with van der Waals surface area (Å²) in [5.41, 5.74) is 2.09. The van der Waals surface area contributed by atoms with Crippen molar-refractivity contribution < 1.29 is 9.59 Å². The minimum Gasteiger partial charge on any atom is -0.289 e. The molecule has 1 aliphatic carbocycles. The van der Waals surface area contributed by atoms with Crippen LogP contribution in [0.15, 0.2) is 35.4 Å². The fraction of sp³-hybridized carbons (Fsp3) is 0.231. The Balaban J connectivity index is 2.58. The molecule has 0 amide bonds. The molecule has 2 nitrogen and oxygen atoms in total. The van der Waals surface area contributed by atoms with Gasteiger partial charge >= 0.3 is 0 Å². The smallest absolute Gasteiger partial charge is 0.190 e. The molecule has 0 aliphatic heterocycles. The lowest BCUT2D eigenvalue weighted by Gasteiger charge is -2.18. The molecule has 0 aromatic heterocycles. The first-order valence-electron chi connectivity index (χ1n) is 5.11. The maximum absolute atomic E-state index is 12.1. The molecule has 0 saturated heterocycles. The zero-order valence-electron chi connectivity index (χ0n) is 8.92. The second kappa shape index (κ2) is 4.22. The Labute approximate surface area is 98.9 Å². The minimum atomic E-state index is -0.0617. The topological polar surface area (TPSA) is 34.1 Å². The quantitative estimate of drug-likeness (QED) is 0.738. The molecule has 1 aromatic carbocycles. The molecule has 0 unspecified atom stereocenters. The summed E-state index contributed by atoms with van der Waals surface area (Å²) in [6.45, 7) is 1.69. The predicted octanol–water partition coefficient (Wildman–Crippen LogP) is 3.01. The third kappa shape index (κ3) is 1.59. The number of Topliss-reactive ketones (excluding diaryl/α,β-unsaturated/α-hetero) is 2. The third-order valence-corrected chi connectivity index (χ3v) is 3.02. The number of carbonyl (C=O) groups excluding carboxylic acids is 2. The first-order valence-corrected chi connectivity index (χ1v) is 5.64. The second-order valence-electron chi connectivity index (χ2n) is 3.75. The molecule has 0 N–H and O–H groups in total. The van der Waals surface area contributed by atoms with Crippen molar-refractivity contribution in [1.29, 1.82) is 0 Å². The van der Waals surface area contributed by atoms with E-state index in [9.17, 15) is 9.59 Å². The van der Waals surface area contributed by atoms with E-state index in [2.05, 4.69) is 0 Å². The Morgan fingerprint density at radius 1 is 1.06 bits per heavy atom. The van der Waals surface area contributed by atoms with Crippen molar-refractivity contribution in [3.05, 3.63) is 46.5 Å². The number of halogens is 1. The SMILES string of the molecule is CC1=C(CCCl)C(=O)c2ccccc2C1=O. The highest BCUT2D eigenvalue weighted by atomic mass is 35.5. The normalized spacial score (nSPS) is 15.4. The molecule has 2 rings (SSSR count). The maximum Gasteiger partial charge on any atom is 0.190 e. The van der Waals surface area contributed by atoms with Crippen LogP contribution in [0.1, 0.15) is 34.1 Å². The van der Waals surface area contributed by atoms with Gasteiger partial charge in [-0.3, -0.25) is 9.59 Å². The molecule has 3 heteroatoms. The van der Waals surface area contributed by atoms with E-state index in [1.165, 1.54) is 0 Å². The molecule has 0 heterocycles. The first kappa shape index (κ1) is 11.1. The molecular weight excluding hydrogens is 224 g/mol. The summed E-state index contributed by atoms with van der Waals surface area (Å²) >= 11 is 5.64. The van der Waals surface area contributed by atoms with Crippen LogP contribution in [0, 0.1) is 0 Å². The zero-order chi connectivity index (χ0) is 11.7. The van der Waals surface area contributed by atoms with Crippen LogP contribution in [-0.2, 0) is 0 Å². The Morgan fingerprint density at radius 2 is 1.62 bits per heavy atom. The van der Waals surface area contributed by atoms with Crippen LogP contribution in [-0.4, -0.2) is 17.4 Å². The Bertz CT molecular complexity index is 500. The Hall–Kier alpha value is -1.41. The van der Waals surface area contributed by atoms with Gasteiger partial charge in [0, 0.05) is 28.2 Å². The summed E-state index contributed by atoms with van der Waals surface area (Å²) in [6, 6.07) is 6.92. The average molecular weight is 235 g/mol. The van der Waals surface area contributed by atoms with Gasteiger partial charge in [0.05, 0.1) is 0 Å². The van der Waals surface area contributed by atoms with Crippen molar-refractivity contribution in [2.45, 2.75) is 13.3 Å². The molecule has 82 valence electrons. The van der Waals surface area contributed by atoms with Crippen LogP contribution in [0.25, 0.3) is 0 Å². The van der Waals surface area contributed by atoms with Gasteiger partial charge < -0.3 is 0 Å². The van der Waals surface area contributed by atoms with E-state index in [0.29, 0.717) is 34.6 Å². The largest absolute Gasteiger partial charge is 0.289 e. The monoisotopic (exact) mass is 234 g/mol. The fourth-order valence-corrected chi connectivity index (χ4v) is 2.14. The van der Waals surface area contributed by atoms with E-state index in [1.54, 1.807) is 31.2 Å². The van der Waals surface area contributed by atoms with Crippen LogP contribution >= 0.6 is 11.6 Å². The average Bonchev–Trinajstić information content (AvgIpc) is 2.32. The van der Waals surface area contributed by atoms with Gasteiger partial charge in [-0.15, -0.1) is 11.6 Å². The summed E-state index contributed by atoms with van der Waals surface area (Å²) in [7, 11) is 0. The fourth-order valence-electron chi connectivity index (χ4n) is 1.95. The number of ketones is 2. The van der Waals surface area contributed by atoms with Crippen LogP contribution < -0.4 is 0 Å². The molecule has 0 spiro atoms. The van der Waals surface area contributed by atoms with E-state index in [-0.39, 0.29) is 11.6 Å². The van der Waals surface area contributed by atoms with E-state index < -0.39 is 0 Å². The molecule has 1 aliphatic rings. The number of hydrogen-bond donors (Lipinski definition) is 0. The number of carbonyl (C=O) groups is 2. The van der Waals surface area contributed by atoms with Gasteiger partial charge in [-0.1, -0.05) is 24.3 Å². The Kier molecular flexibility index (Phi) is 2.92.